The van der Waals surface area contributed by atoms with E-state index >= 15 is 0 Å². The van der Waals surface area contributed by atoms with E-state index in [4.69, 9.17) is 4.74 Å². The van der Waals surface area contributed by atoms with Crippen LogP contribution in [0.1, 0.15) is 51.4 Å². The van der Waals surface area contributed by atoms with E-state index in [1.165, 1.54) is 35.7 Å². The summed E-state index contributed by atoms with van der Waals surface area (Å²) in [6.45, 7) is 1.84. The van der Waals surface area contributed by atoms with Crippen molar-refractivity contribution in [1.29, 1.82) is 0 Å². The maximum atomic E-state index is 13.0. The van der Waals surface area contributed by atoms with Crippen molar-refractivity contribution in [3.8, 4) is 0 Å². The number of benzene rings is 1. The van der Waals surface area contributed by atoms with Gasteiger partial charge in [-0.1, -0.05) is 19.3 Å². The van der Waals surface area contributed by atoms with Crippen LogP contribution in [0, 0.1) is 11.7 Å². The summed E-state index contributed by atoms with van der Waals surface area (Å²) in [5.74, 6) is -0.654. The number of ether oxygens (including phenoxy) is 1. The third-order valence-electron chi connectivity index (χ3n) is 5.80. The zero-order chi connectivity index (χ0) is 20.7. The normalized spacial score (nSPS) is 19.9. The number of amides is 1. The Morgan fingerprint density at radius 3 is 2.38 bits per heavy atom. The van der Waals surface area contributed by atoms with Crippen LogP contribution in [0.25, 0.3) is 0 Å². The SMILES string of the molecule is O=C(NCCCOC1CCCCC1)C1CCN(S(=O)(=O)c2ccc(F)cc2)CC1. The van der Waals surface area contributed by atoms with E-state index in [2.05, 4.69) is 5.32 Å². The summed E-state index contributed by atoms with van der Waals surface area (Å²) in [5.41, 5.74) is 0. The van der Waals surface area contributed by atoms with Gasteiger partial charge in [0.15, 0.2) is 0 Å². The number of carbonyl (C=O) groups is 1. The molecule has 1 heterocycles. The van der Waals surface area contributed by atoms with E-state index in [0.29, 0.717) is 45.2 Å². The molecule has 1 aromatic carbocycles. The van der Waals surface area contributed by atoms with Crippen molar-refractivity contribution in [2.75, 3.05) is 26.2 Å². The smallest absolute Gasteiger partial charge is 0.243 e. The lowest BCUT2D eigenvalue weighted by molar-refractivity contribution is -0.126. The van der Waals surface area contributed by atoms with Crippen LogP contribution >= 0.6 is 0 Å². The highest BCUT2D eigenvalue weighted by atomic mass is 32.2. The summed E-state index contributed by atoms with van der Waals surface area (Å²) in [5, 5.41) is 2.95. The molecular weight excluding hydrogens is 395 g/mol. The molecule has 0 spiro atoms. The van der Waals surface area contributed by atoms with E-state index in [9.17, 15) is 17.6 Å². The van der Waals surface area contributed by atoms with Crippen LogP contribution in [0.5, 0.6) is 0 Å². The topological polar surface area (TPSA) is 75.7 Å². The van der Waals surface area contributed by atoms with Gasteiger partial charge in [0, 0.05) is 32.2 Å². The average molecular weight is 427 g/mol. The second kappa shape index (κ2) is 10.5. The second-order valence-corrected chi connectivity index (χ2v) is 9.85. The number of halogens is 1. The third-order valence-corrected chi connectivity index (χ3v) is 7.72. The van der Waals surface area contributed by atoms with Gasteiger partial charge in [-0.15, -0.1) is 0 Å². The first kappa shape index (κ1) is 22.2. The van der Waals surface area contributed by atoms with E-state index in [0.717, 1.165) is 31.4 Å². The molecule has 6 nitrogen and oxygen atoms in total. The average Bonchev–Trinajstić information content (AvgIpc) is 2.74. The number of rotatable bonds is 8. The fourth-order valence-electron chi connectivity index (χ4n) is 4.02. The molecule has 1 saturated carbocycles. The van der Waals surface area contributed by atoms with Gasteiger partial charge in [-0.2, -0.15) is 4.31 Å². The van der Waals surface area contributed by atoms with Gasteiger partial charge < -0.3 is 10.1 Å². The first-order valence-electron chi connectivity index (χ1n) is 10.6. The zero-order valence-electron chi connectivity index (χ0n) is 16.8. The van der Waals surface area contributed by atoms with Crippen molar-refractivity contribution >= 4 is 15.9 Å². The highest BCUT2D eigenvalue weighted by Crippen LogP contribution is 2.24. The Bertz CT molecular complexity index is 755. The van der Waals surface area contributed by atoms with Crippen molar-refractivity contribution in [3.63, 3.8) is 0 Å². The van der Waals surface area contributed by atoms with Gasteiger partial charge in [0.2, 0.25) is 15.9 Å². The first-order chi connectivity index (χ1) is 14.0. The molecule has 29 heavy (non-hydrogen) atoms. The summed E-state index contributed by atoms with van der Waals surface area (Å²) in [6.07, 6.45) is 8.24. The lowest BCUT2D eigenvalue weighted by Crippen LogP contribution is -2.43. The van der Waals surface area contributed by atoms with Crippen LogP contribution in [-0.4, -0.2) is 51.0 Å². The Balaban J connectivity index is 1.36. The Labute approximate surface area is 172 Å². The molecule has 3 rings (SSSR count). The van der Waals surface area contributed by atoms with E-state index in [1.807, 2.05) is 0 Å². The van der Waals surface area contributed by atoms with E-state index < -0.39 is 15.8 Å². The molecule has 0 radical (unpaired) electrons. The lowest BCUT2D eigenvalue weighted by Gasteiger charge is -2.30. The second-order valence-electron chi connectivity index (χ2n) is 7.91. The molecule has 1 aliphatic carbocycles. The molecule has 162 valence electrons. The van der Waals surface area contributed by atoms with Crippen LogP contribution in [0.4, 0.5) is 4.39 Å². The number of nitrogens with one attached hydrogen (secondary N) is 1. The van der Waals surface area contributed by atoms with E-state index in [1.54, 1.807) is 0 Å². The van der Waals surface area contributed by atoms with Crippen LogP contribution in [0.3, 0.4) is 0 Å². The fraction of sp³-hybridized carbons (Fsp3) is 0.667. The molecule has 1 saturated heterocycles. The number of carbonyl (C=O) groups excluding carboxylic acids is 1. The molecule has 0 atom stereocenters. The Morgan fingerprint density at radius 2 is 1.72 bits per heavy atom. The molecule has 1 aliphatic heterocycles. The van der Waals surface area contributed by atoms with Crippen molar-refractivity contribution in [2.24, 2.45) is 5.92 Å². The van der Waals surface area contributed by atoms with Gasteiger partial charge in [0.25, 0.3) is 0 Å². The number of hydrogen-bond acceptors (Lipinski definition) is 4. The number of hydrogen-bond donors (Lipinski definition) is 1. The Kier molecular flexibility index (Phi) is 8.03. The standard InChI is InChI=1S/C21H31FN2O4S/c22-18-7-9-20(10-8-18)29(26,27)24-14-11-17(12-15-24)21(25)23-13-4-16-28-19-5-2-1-3-6-19/h7-10,17,19H,1-6,11-16H2,(H,23,25). The van der Waals surface area contributed by atoms with Crippen molar-refractivity contribution in [1.82, 2.24) is 9.62 Å². The maximum absolute atomic E-state index is 13.0. The van der Waals surface area contributed by atoms with Crippen LogP contribution in [-0.2, 0) is 19.6 Å². The molecule has 8 heteroatoms. The van der Waals surface area contributed by atoms with Gasteiger partial charge in [0.05, 0.1) is 11.0 Å². The molecule has 2 fully saturated rings. The number of sulfonamides is 1. The van der Waals surface area contributed by atoms with Gasteiger partial charge in [-0.25, -0.2) is 12.8 Å². The number of piperidine rings is 1. The van der Waals surface area contributed by atoms with Crippen LogP contribution < -0.4 is 5.32 Å². The minimum absolute atomic E-state index is 0.0125. The summed E-state index contributed by atoms with van der Waals surface area (Å²) >= 11 is 0. The molecular formula is C21H31FN2O4S. The Morgan fingerprint density at radius 1 is 1.07 bits per heavy atom. The molecule has 0 aromatic heterocycles. The van der Waals surface area contributed by atoms with Gasteiger partial charge in [-0.05, 0) is 56.4 Å². The lowest BCUT2D eigenvalue weighted by atomic mass is 9.97. The van der Waals surface area contributed by atoms with Gasteiger partial charge in [0.1, 0.15) is 5.82 Å². The molecule has 0 unspecified atom stereocenters. The van der Waals surface area contributed by atoms with Crippen LogP contribution in [0.15, 0.2) is 29.2 Å². The quantitative estimate of drug-likeness (QED) is 0.648. The maximum Gasteiger partial charge on any atom is 0.243 e. The Hall–Kier alpha value is -1.51. The van der Waals surface area contributed by atoms with Gasteiger partial charge >= 0.3 is 0 Å². The van der Waals surface area contributed by atoms with Crippen molar-refractivity contribution in [2.45, 2.75) is 62.4 Å². The van der Waals surface area contributed by atoms with Crippen LogP contribution in [0.2, 0.25) is 0 Å². The molecule has 0 bridgehead atoms. The van der Waals surface area contributed by atoms with Crippen molar-refractivity contribution < 1.29 is 22.3 Å². The zero-order valence-corrected chi connectivity index (χ0v) is 17.6. The van der Waals surface area contributed by atoms with E-state index in [-0.39, 0.29) is 16.7 Å². The third kappa shape index (κ3) is 6.23. The minimum Gasteiger partial charge on any atom is -0.378 e. The largest absolute Gasteiger partial charge is 0.378 e. The fourth-order valence-corrected chi connectivity index (χ4v) is 5.49. The predicted octanol–water partition coefficient (Wildman–Crippen LogP) is 3.08. The number of nitrogens with zero attached hydrogens (tertiary/aromatic N) is 1. The molecule has 2 aliphatic rings. The summed E-state index contributed by atoms with van der Waals surface area (Å²) < 4.78 is 45.6. The summed E-state index contributed by atoms with van der Waals surface area (Å²) in [7, 11) is -3.64. The monoisotopic (exact) mass is 426 g/mol. The molecule has 1 aromatic rings. The van der Waals surface area contributed by atoms with Crippen molar-refractivity contribution in [3.05, 3.63) is 30.1 Å². The minimum atomic E-state index is -3.64. The highest BCUT2D eigenvalue weighted by molar-refractivity contribution is 7.89. The summed E-state index contributed by atoms with van der Waals surface area (Å²) in [6, 6.07) is 4.84. The highest BCUT2D eigenvalue weighted by Gasteiger charge is 2.32. The first-order valence-corrected chi connectivity index (χ1v) is 12.1. The molecule has 1 N–H and O–H groups in total. The summed E-state index contributed by atoms with van der Waals surface area (Å²) in [4.78, 5) is 12.4. The molecule has 1 amide bonds. The van der Waals surface area contributed by atoms with Gasteiger partial charge in [-0.3, -0.25) is 4.79 Å². The predicted molar refractivity (Wildman–Crippen MR) is 108 cm³/mol.